The zero-order valence-corrected chi connectivity index (χ0v) is 21.0. The fourth-order valence-corrected chi connectivity index (χ4v) is 3.95. The molecule has 0 spiro atoms. The van der Waals surface area contributed by atoms with Gasteiger partial charge >= 0.3 is 6.03 Å². The van der Waals surface area contributed by atoms with Crippen molar-refractivity contribution in [3.63, 3.8) is 0 Å². The molecule has 0 radical (unpaired) electrons. The number of rotatable bonds is 10. The molecular formula is C26H33N7O3. The second-order valence-corrected chi connectivity index (χ2v) is 8.32. The number of ether oxygens (including phenoxy) is 1. The summed E-state index contributed by atoms with van der Waals surface area (Å²) in [4.78, 5) is 33.1. The maximum atomic E-state index is 13.2. The van der Waals surface area contributed by atoms with Crippen molar-refractivity contribution >= 4 is 23.8 Å². The number of carbonyl (C=O) groups excluding carboxylic acids is 2. The minimum atomic E-state index is -0.344. The average molecular weight is 492 g/mol. The van der Waals surface area contributed by atoms with Crippen molar-refractivity contribution in [3.05, 3.63) is 64.9 Å². The van der Waals surface area contributed by atoms with Crippen molar-refractivity contribution in [1.29, 1.82) is 5.26 Å². The van der Waals surface area contributed by atoms with E-state index in [9.17, 15) is 14.9 Å². The summed E-state index contributed by atoms with van der Waals surface area (Å²) in [7, 11) is 1.61. The number of pyridine rings is 1. The van der Waals surface area contributed by atoms with Crippen LogP contribution in [0.5, 0.6) is 0 Å². The lowest BCUT2D eigenvalue weighted by atomic mass is 10.0. The zero-order valence-electron chi connectivity index (χ0n) is 21.0. The van der Waals surface area contributed by atoms with Gasteiger partial charge in [0.1, 0.15) is 17.6 Å². The maximum absolute atomic E-state index is 13.2. The molecule has 2 aliphatic heterocycles. The second-order valence-electron chi connectivity index (χ2n) is 8.32. The van der Waals surface area contributed by atoms with Gasteiger partial charge < -0.3 is 25.6 Å². The first-order chi connectivity index (χ1) is 17.5. The van der Waals surface area contributed by atoms with Crippen molar-refractivity contribution in [3.8, 4) is 6.07 Å². The normalized spacial score (nSPS) is 15.8. The molecule has 0 bridgehead atoms. The Bertz CT molecular complexity index is 1130. The van der Waals surface area contributed by atoms with Crippen molar-refractivity contribution < 1.29 is 14.3 Å². The monoisotopic (exact) mass is 491 g/mol. The van der Waals surface area contributed by atoms with Gasteiger partial charge in [0.15, 0.2) is 6.29 Å². The third kappa shape index (κ3) is 6.52. The number of aromatic nitrogens is 1. The number of aryl methyl sites for hydroxylation is 1. The van der Waals surface area contributed by atoms with E-state index in [1.54, 1.807) is 31.1 Å². The Morgan fingerprint density at radius 2 is 2.25 bits per heavy atom. The van der Waals surface area contributed by atoms with Gasteiger partial charge in [-0.2, -0.15) is 5.26 Å². The number of nitrogens with one attached hydrogen (secondary N) is 3. The number of nitrogens with zero attached hydrogens (tertiary/aromatic N) is 4. The molecule has 2 amide bonds. The van der Waals surface area contributed by atoms with Crippen molar-refractivity contribution in [2.45, 2.75) is 33.1 Å². The van der Waals surface area contributed by atoms with Gasteiger partial charge in [0.25, 0.3) is 0 Å². The molecule has 10 nitrogen and oxygen atoms in total. The van der Waals surface area contributed by atoms with Gasteiger partial charge in [-0.05, 0) is 50.0 Å². The minimum absolute atomic E-state index is 0.281. The first kappa shape index (κ1) is 26.5. The number of anilines is 2. The lowest BCUT2D eigenvalue weighted by Crippen LogP contribution is -2.43. The number of carbonyl (C=O) groups is 2. The largest absolute Gasteiger partial charge is 0.383 e. The highest BCUT2D eigenvalue weighted by Gasteiger charge is 2.27. The molecule has 0 atom stereocenters. The Morgan fingerprint density at radius 3 is 2.92 bits per heavy atom. The van der Waals surface area contributed by atoms with Crippen molar-refractivity contribution in [1.82, 2.24) is 20.9 Å². The number of urea groups is 1. The fourth-order valence-electron chi connectivity index (χ4n) is 3.95. The SMILES string of the molecule is CC/C=C/C(C#N)=C(\C=C(/C)NC(=O)N1CCCc2cc(N3C=CNC3)c(C=O)nc21)NCCOC. The standard InChI is InChI=1S/C26H33N7O3/c1-4-5-7-21(16-27)22(29-10-13-36-3)14-19(2)30-26(35)33-11-6-8-20-15-24(32-12-9-28-18-32)23(17-34)31-25(20)33/h5,7,9,12,14-15,17,28-29H,4,6,8,10-11,13,18H2,1-3H3,(H,30,35)/b7-5+,19-14+,22-21-. The number of fused-ring (bicyclic) bond motifs is 1. The van der Waals surface area contributed by atoms with Crippen LogP contribution in [-0.4, -0.2) is 50.8 Å². The predicted octanol–water partition coefficient (Wildman–Crippen LogP) is 3.08. The molecule has 1 aromatic heterocycles. The van der Waals surface area contributed by atoms with Gasteiger partial charge in [-0.3, -0.25) is 9.69 Å². The van der Waals surface area contributed by atoms with Crippen LogP contribution in [0.4, 0.5) is 16.3 Å². The molecule has 0 saturated carbocycles. The van der Waals surface area contributed by atoms with E-state index in [0.29, 0.717) is 61.1 Å². The highest BCUT2D eigenvalue weighted by molar-refractivity contribution is 5.95. The van der Waals surface area contributed by atoms with Gasteiger partial charge in [-0.25, -0.2) is 9.78 Å². The summed E-state index contributed by atoms with van der Waals surface area (Å²) in [5, 5.41) is 18.8. The number of allylic oxidation sites excluding steroid dienone is 5. The molecule has 0 aliphatic carbocycles. The maximum Gasteiger partial charge on any atom is 0.327 e. The number of nitriles is 1. The lowest BCUT2D eigenvalue weighted by molar-refractivity contribution is 0.111. The molecule has 3 N–H and O–H groups in total. The predicted molar refractivity (Wildman–Crippen MR) is 139 cm³/mol. The molecule has 1 aromatic rings. The van der Waals surface area contributed by atoms with E-state index in [2.05, 4.69) is 27.0 Å². The van der Waals surface area contributed by atoms with Gasteiger partial charge in [-0.15, -0.1) is 0 Å². The molecule has 0 aromatic carbocycles. The molecule has 190 valence electrons. The smallest absolute Gasteiger partial charge is 0.327 e. The summed E-state index contributed by atoms with van der Waals surface area (Å²) in [6.07, 6.45) is 12.1. The van der Waals surface area contributed by atoms with E-state index in [4.69, 9.17) is 4.74 Å². The second kappa shape index (κ2) is 13.1. The number of amides is 2. The fraction of sp³-hybridized carbons (Fsp3) is 0.385. The van der Waals surface area contributed by atoms with Crippen LogP contribution in [-0.2, 0) is 11.2 Å². The number of hydrogen-bond donors (Lipinski definition) is 3. The molecular weight excluding hydrogens is 458 g/mol. The molecule has 3 rings (SSSR count). The van der Waals surface area contributed by atoms with Gasteiger partial charge in [0.05, 0.1) is 30.2 Å². The molecule has 2 aliphatic rings. The van der Waals surface area contributed by atoms with Crippen LogP contribution in [0.25, 0.3) is 0 Å². The van der Waals surface area contributed by atoms with Crippen LogP contribution in [0.15, 0.2) is 53.7 Å². The summed E-state index contributed by atoms with van der Waals surface area (Å²) in [5.41, 5.74) is 3.52. The minimum Gasteiger partial charge on any atom is -0.383 e. The zero-order chi connectivity index (χ0) is 25.9. The molecule has 10 heteroatoms. The van der Waals surface area contributed by atoms with Gasteiger partial charge in [0, 0.05) is 38.3 Å². The topological polar surface area (TPSA) is 123 Å². The number of aldehydes is 1. The highest BCUT2D eigenvalue weighted by Crippen LogP contribution is 2.31. The molecule has 36 heavy (non-hydrogen) atoms. The van der Waals surface area contributed by atoms with E-state index in [1.165, 1.54) is 0 Å². The Morgan fingerprint density at radius 1 is 1.42 bits per heavy atom. The summed E-state index contributed by atoms with van der Waals surface area (Å²) in [5.74, 6) is 0.492. The Kier molecular flexibility index (Phi) is 9.65. The quantitative estimate of drug-likeness (QED) is 0.198. The third-order valence-corrected chi connectivity index (χ3v) is 5.69. The van der Waals surface area contributed by atoms with Crippen LogP contribution in [0, 0.1) is 11.3 Å². The van der Waals surface area contributed by atoms with Gasteiger partial charge in [-0.1, -0.05) is 13.0 Å². The summed E-state index contributed by atoms with van der Waals surface area (Å²) in [6, 6.07) is 3.80. The van der Waals surface area contributed by atoms with E-state index in [-0.39, 0.29) is 11.7 Å². The summed E-state index contributed by atoms with van der Waals surface area (Å²) < 4.78 is 5.10. The first-order valence-corrected chi connectivity index (χ1v) is 12.0. The van der Waals surface area contributed by atoms with Crippen molar-refractivity contribution in [2.24, 2.45) is 0 Å². The molecule has 0 unspecified atom stereocenters. The lowest BCUT2D eigenvalue weighted by Gasteiger charge is -2.30. The van der Waals surface area contributed by atoms with Crippen molar-refractivity contribution in [2.75, 3.05) is 43.3 Å². The van der Waals surface area contributed by atoms with E-state index < -0.39 is 0 Å². The summed E-state index contributed by atoms with van der Waals surface area (Å²) >= 11 is 0. The van der Waals surface area contributed by atoms with Crippen LogP contribution < -0.4 is 25.8 Å². The molecule has 0 fully saturated rings. The molecule has 3 heterocycles. The first-order valence-electron chi connectivity index (χ1n) is 12.0. The average Bonchev–Trinajstić information content (AvgIpc) is 3.42. The number of hydrogen-bond acceptors (Lipinski definition) is 8. The van der Waals surface area contributed by atoms with Crippen LogP contribution in [0.1, 0.15) is 42.7 Å². The summed E-state index contributed by atoms with van der Waals surface area (Å²) in [6.45, 7) is 5.78. The van der Waals surface area contributed by atoms with E-state index >= 15 is 0 Å². The Hall–Kier alpha value is -4.10. The Balaban J connectivity index is 1.85. The van der Waals surface area contributed by atoms with E-state index in [1.807, 2.05) is 36.4 Å². The van der Waals surface area contributed by atoms with Crippen LogP contribution in [0.2, 0.25) is 0 Å². The van der Waals surface area contributed by atoms with Crippen LogP contribution >= 0.6 is 0 Å². The number of methoxy groups -OCH3 is 1. The van der Waals surface area contributed by atoms with Crippen LogP contribution in [0.3, 0.4) is 0 Å². The third-order valence-electron chi connectivity index (χ3n) is 5.69. The highest BCUT2D eigenvalue weighted by atomic mass is 16.5. The van der Waals surface area contributed by atoms with E-state index in [0.717, 1.165) is 24.8 Å². The molecule has 0 saturated heterocycles. The van der Waals surface area contributed by atoms with Gasteiger partial charge in [0.2, 0.25) is 0 Å². The Labute approximate surface area is 212 Å².